The number of aliphatic hydroxyl groups excluding tert-OH is 2. The Bertz CT molecular complexity index is 1670. The number of rotatable bonds is 6. The van der Waals surface area contributed by atoms with Crippen LogP contribution < -0.4 is 0 Å². The molecule has 8 rings (SSSR count). The summed E-state index contributed by atoms with van der Waals surface area (Å²) in [5.74, 6) is -6.39. The SMILES string of the molecule is COC(=O)CC1C2(C)CC34OC5(C)OC67C(/C(=C(/O)C(C)C)C(=O)OC6C3(O)C2O)C(C)(C(OC(C)=O)c2ccoc2)CCC7(O5)C14C. The Hall–Kier alpha value is -2.97. The van der Waals surface area contributed by atoms with Crippen molar-refractivity contribution < 1.29 is 62.5 Å². The van der Waals surface area contributed by atoms with Crippen molar-refractivity contribution in [3.8, 4) is 0 Å². The molecule has 4 aliphatic carbocycles. The molecule has 1 aromatic heterocycles. The molecule has 262 valence electrons. The van der Waals surface area contributed by atoms with Gasteiger partial charge in [0.15, 0.2) is 17.3 Å². The minimum atomic E-state index is -2.24. The Morgan fingerprint density at radius 2 is 1.77 bits per heavy atom. The molecule has 0 radical (unpaired) electrons. The first-order valence-electron chi connectivity index (χ1n) is 16.7. The summed E-state index contributed by atoms with van der Waals surface area (Å²) in [6, 6.07) is 1.67. The van der Waals surface area contributed by atoms with Crippen molar-refractivity contribution >= 4 is 17.9 Å². The molecule has 3 saturated heterocycles. The Balaban J connectivity index is 1.49. The Morgan fingerprint density at radius 3 is 2.38 bits per heavy atom. The molecule has 7 fully saturated rings. The second-order valence-corrected chi connectivity index (χ2v) is 16.3. The Labute approximate surface area is 277 Å². The molecule has 13 unspecified atom stereocenters. The van der Waals surface area contributed by atoms with E-state index in [4.69, 9.17) is 32.8 Å². The van der Waals surface area contributed by atoms with Crippen LogP contribution in [0.5, 0.6) is 0 Å². The zero-order chi connectivity index (χ0) is 34.8. The molecule has 4 saturated carbocycles. The highest BCUT2D eigenvalue weighted by Gasteiger charge is 3.04. The van der Waals surface area contributed by atoms with Gasteiger partial charge in [0.05, 0.1) is 31.3 Å². The van der Waals surface area contributed by atoms with E-state index in [2.05, 4.69) is 0 Å². The number of aliphatic hydroxyl groups is 3. The lowest BCUT2D eigenvalue weighted by Crippen LogP contribution is -2.94. The van der Waals surface area contributed by atoms with Gasteiger partial charge in [-0.3, -0.25) is 9.59 Å². The van der Waals surface area contributed by atoms with Gasteiger partial charge in [0.1, 0.15) is 23.1 Å². The van der Waals surface area contributed by atoms with Crippen LogP contribution >= 0.6 is 0 Å². The third-order valence-corrected chi connectivity index (χ3v) is 14.0. The van der Waals surface area contributed by atoms with Crippen molar-refractivity contribution in [1.29, 1.82) is 0 Å². The van der Waals surface area contributed by atoms with E-state index in [9.17, 15) is 29.7 Å². The zero-order valence-electron chi connectivity index (χ0n) is 28.4. The van der Waals surface area contributed by atoms with E-state index in [1.807, 2.05) is 20.8 Å². The third-order valence-electron chi connectivity index (χ3n) is 14.0. The molecule has 13 nitrogen and oxygen atoms in total. The number of allylic oxidation sites excluding steroid dienone is 1. The Morgan fingerprint density at radius 1 is 1.08 bits per heavy atom. The summed E-state index contributed by atoms with van der Waals surface area (Å²) in [6.45, 7) is 11.9. The van der Waals surface area contributed by atoms with E-state index < -0.39 is 98.6 Å². The standard InChI is InChI=1S/C35H44O13/c1-16(2)22(38)21-23-28(4,24(44-17(3)36)18-9-12-43-14-18)10-11-32-30(6)19(13-20(37)42-8)29(5)15-33(30)34(41,26(29)40)27(45-25(21)39)35(23,32)48-31(7,46-32)47-33/h9,12,14,16,19,23-24,26-27,38,40-41H,10-11,13,15H2,1-8H3/b22-21-. The highest BCUT2D eigenvalue weighted by atomic mass is 16.9. The number of furan rings is 1. The van der Waals surface area contributed by atoms with Crippen LogP contribution in [0.25, 0.3) is 0 Å². The topological polar surface area (TPSA) is 180 Å². The number of fused-ring (bicyclic) bond motifs is 3. The largest absolute Gasteiger partial charge is 0.511 e. The van der Waals surface area contributed by atoms with E-state index in [0.717, 1.165) is 0 Å². The molecule has 48 heavy (non-hydrogen) atoms. The number of esters is 3. The summed E-state index contributed by atoms with van der Waals surface area (Å²) in [5.41, 5.74) is -10.2. The first-order valence-corrected chi connectivity index (χ1v) is 16.7. The molecule has 3 aliphatic heterocycles. The van der Waals surface area contributed by atoms with Crippen LogP contribution in [-0.2, 0) is 42.8 Å². The number of hydrogen-bond acceptors (Lipinski definition) is 13. The van der Waals surface area contributed by atoms with Gasteiger partial charge in [-0.05, 0) is 31.2 Å². The van der Waals surface area contributed by atoms with Gasteiger partial charge in [0, 0.05) is 53.9 Å². The smallest absolute Gasteiger partial charge is 0.338 e. The number of carbonyl (C=O) groups is 3. The van der Waals surface area contributed by atoms with Gasteiger partial charge in [0.2, 0.25) is 0 Å². The van der Waals surface area contributed by atoms with Crippen molar-refractivity contribution in [1.82, 2.24) is 0 Å². The van der Waals surface area contributed by atoms with Crippen LogP contribution in [0.2, 0.25) is 0 Å². The second-order valence-electron chi connectivity index (χ2n) is 16.3. The lowest BCUT2D eigenvalue weighted by atomic mass is 9.33. The first kappa shape index (κ1) is 32.2. The van der Waals surface area contributed by atoms with Crippen LogP contribution in [0.3, 0.4) is 0 Å². The van der Waals surface area contributed by atoms with Crippen molar-refractivity contribution in [3.05, 3.63) is 35.5 Å². The molecule has 4 heterocycles. The van der Waals surface area contributed by atoms with Gasteiger partial charge in [-0.2, -0.15) is 0 Å². The van der Waals surface area contributed by atoms with E-state index in [1.165, 1.54) is 26.6 Å². The lowest BCUT2D eigenvalue weighted by Gasteiger charge is -2.77. The van der Waals surface area contributed by atoms with Crippen molar-refractivity contribution in [2.75, 3.05) is 7.11 Å². The van der Waals surface area contributed by atoms with Crippen molar-refractivity contribution in [2.45, 2.75) is 121 Å². The van der Waals surface area contributed by atoms with Gasteiger partial charge in [-0.15, -0.1) is 0 Å². The molecule has 7 aliphatic rings. The zero-order valence-corrected chi connectivity index (χ0v) is 28.4. The van der Waals surface area contributed by atoms with Crippen molar-refractivity contribution in [3.63, 3.8) is 0 Å². The molecule has 3 N–H and O–H groups in total. The van der Waals surface area contributed by atoms with E-state index in [1.54, 1.807) is 26.8 Å². The van der Waals surface area contributed by atoms with Gasteiger partial charge < -0.3 is 48.2 Å². The summed E-state index contributed by atoms with van der Waals surface area (Å²) in [7, 11) is 1.30. The lowest BCUT2D eigenvalue weighted by molar-refractivity contribution is -0.478. The maximum atomic E-state index is 14.5. The van der Waals surface area contributed by atoms with Crippen LogP contribution in [0.4, 0.5) is 0 Å². The molecular weight excluding hydrogens is 628 g/mol. The molecule has 1 aromatic rings. The van der Waals surface area contributed by atoms with Gasteiger partial charge in [0.25, 0.3) is 5.97 Å². The summed E-state index contributed by atoms with van der Waals surface area (Å²) in [6.07, 6.45) is -0.692. The monoisotopic (exact) mass is 672 g/mol. The van der Waals surface area contributed by atoms with Crippen LogP contribution in [0.1, 0.15) is 85.8 Å². The minimum Gasteiger partial charge on any atom is -0.511 e. The van der Waals surface area contributed by atoms with Crippen LogP contribution in [0.15, 0.2) is 34.3 Å². The number of carbonyl (C=O) groups excluding carboxylic acids is 3. The quantitative estimate of drug-likeness (QED) is 0.173. The van der Waals surface area contributed by atoms with Gasteiger partial charge in [-0.25, -0.2) is 4.79 Å². The molecule has 13 atom stereocenters. The average molecular weight is 673 g/mol. The maximum absolute atomic E-state index is 14.5. The normalized spacial score (nSPS) is 52.2. The number of hydrogen-bond donors (Lipinski definition) is 3. The fourth-order valence-electron chi connectivity index (χ4n) is 12.6. The third kappa shape index (κ3) is 3.01. The highest BCUT2D eigenvalue weighted by molar-refractivity contribution is 5.92. The van der Waals surface area contributed by atoms with E-state index in [0.29, 0.717) is 5.56 Å². The van der Waals surface area contributed by atoms with Crippen LogP contribution in [0, 0.1) is 34.0 Å². The van der Waals surface area contributed by atoms with Gasteiger partial charge in [-0.1, -0.05) is 34.6 Å². The molecular formula is C35H44O13. The fourth-order valence-corrected chi connectivity index (χ4v) is 12.6. The minimum absolute atomic E-state index is 0.0954. The highest BCUT2D eigenvalue weighted by Crippen LogP contribution is 2.90. The molecule has 3 spiro atoms. The van der Waals surface area contributed by atoms with E-state index >= 15 is 0 Å². The first-order chi connectivity index (χ1) is 22.3. The predicted octanol–water partition coefficient (Wildman–Crippen LogP) is 3.38. The average Bonchev–Trinajstić information content (AvgIpc) is 3.70. The van der Waals surface area contributed by atoms with Crippen molar-refractivity contribution in [2.24, 2.45) is 34.0 Å². The molecule has 0 amide bonds. The summed E-state index contributed by atoms with van der Waals surface area (Å²) < 4.78 is 44.0. The van der Waals surface area contributed by atoms with Gasteiger partial charge >= 0.3 is 17.9 Å². The second kappa shape index (κ2) is 9.03. The fraction of sp³-hybridized carbons (Fsp3) is 0.743. The summed E-state index contributed by atoms with van der Waals surface area (Å²) >= 11 is 0. The molecule has 0 aromatic carbocycles. The Kier molecular flexibility index (Phi) is 6.06. The summed E-state index contributed by atoms with van der Waals surface area (Å²) in [5, 5.41) is 37.5. The van der Waals surface area contributed by atoms with E-state index in [-0.39, 0.29) is 37.0 Å². The number of ether oxygens (including phenoxy) is 6. The maximum Gasteiger partial charge on any atom is 0.338 e. The predicted molar refractivity (Wildman–Crippen MR) is 160 cm³/mol. The number of methoxy groups -OCH3 is 1. The molecule has 13 heteroatoms. The summed E-state index contributed by atoms with van der Waals surface area (Å²) in [4.78, 5) is 40.4. The van der Waals surface area contributed by atoms with Crippen LogP contribution in [-0.4, -0.2) is 80.9 Å². The molecule has 4 bridgehead atoms.